The first-order valence-corrected chi connectivity index (χ1v) is 4.37. The van der Waals surface area contributed by atoms with Crippen LogP contribution in [0.15, 0.2) is 0 Å². The second kappa shape index (κ2) is 6.82. The molecule has 0 aliphatic heterocycles. The Labute approximate surface area is 79.2 Å². The maximum absolute atomic E-state index is 11.3. The van der Waals surface area contributed by atoms with Crippen LogP contribution in [0.4, 0.5) is 0 Å². The fourth-order valence-corrected chi connectivity index (χ4v) is 1.17. The number of carbonyl (C=O) groups is 1. The highest BCUT2D eigenvalue weighted by molar-refractivity contribution is 5.81. The van der Waals surface area contributed by atoms with Crippen molar-refractivity contribution in [2.24, 2.45) is 5.84 Å². The third-order valence-corrected chi connectivity index (χ3v) is 1.88. The van der Waals surface area contributed by atoms with Crippen molar-refractivity contribution in [3.63, 3.8) is 0 Å². The van der Waals surface area contributed by atoms with Gasteiger partial charge in [-0.3, -0.25) is 15.1 Å². The van der Waals surface area contributed by atoms with Crippen molar-refractivity contribution in [2.75, 3.05) is 27.3 Å². The van der Waals surface area contributed by atoms with E-state index >= 15 is 0 Å². The van der Waals surface area contributed by atoms with Gasteiger partial charge in [0.25, 0.3) is 5.91 Å². The van der Waals surface area contributed by atoms with Crippen LogP contribution in [-0.4, -0.2) is 44.2 Å². The summed E-state index contributed by atoms with van der Waals surface area (Å²) in [6.07, 6.45) is 0.995. The first-order chi connectivity index (χ1) is 6.17. The quantitative estimate of drug-likeness (QED) is 0.330. The van der Waals surface area contributed by atoms with E-state index in [2.05, 4.69) is 12.3 Å². The fourth-order valence-electron chi connectivity index (χ4n) is 1.17. The van der Waals surface area contributed by atoms with Crippen LogP contribution in [0, 0.1) is 0 Å². The van der Waals surface area contributed by atoms with Crippen molar-refractivity contribution in [3.8, 4) is 0 Å². The maximum Gasteiger partial charge on any atom is 0.253 e. The molecule has 1 atom stereocenters. The van der Waals surface area contributed by atoms with Crippen LogP contribution >= 0.6 is 0 Å². The van der Waals surface area contributed by atoms with Gasteiger partial charge in [-0.2, -0.15) is 0 Å². The predicted octanol–water partition coefficient (Wildman–Crippen LogP) is -0.667. The Hall–Kier alpha value is -0.650. The number of ether oxygens (including phenoxy) is 1. The number of hydrogen-bond donors (Lipinski definition) is 2. The fraction of sp³-hybridized carbons (Fsp3) is 0.875. The molecule has 0 saturated carbocycles. The van der Waals surface area contributed by atoms with Crippen molar-refractivity contribution in [3.05, 3.63) is 0 Å². The molecule has 5 nitrogen and oxygen atoms in total. The number of likely N-dealkylation sites (N-methyl/N-ethyl adjacent to an activating group) is 1. The summed E-state index contributed by atoms with van der Waals surface area (Å²) >= 11 is 0. The van der Waals surface area contributed by atoms with Gasteiger partial charge in [0, 0.05) is 7.11 Å². The minimum absolute atomic E-state index is 0.210. The molecular weight excluding hydrogens is 170 g/mol. The number of amides is 1. The molecule has 0 aromatic heterocycles. The van der Waals surface area contributed by atoms with E-state index in [1.54, 1.807) is 7.11 Å². The molecule has 78 valence electrons. The van der Waals surface area contributed by atoms with E-state index in [0.29, 0.717) is 6.61 Å². The van der Waals surface area contributed by atoms with Gasteiger partial charge in [-0.05, 0) is 20.0 Å². The molecule has 0 aromatic carbocycles. The average Bonchev–Trinajstić information content (AvgIpc) is 2.13. The average molecular weight is 189 g/mol. The molecule has 0 bridgehead atoms. The minimum Gasteiger partial charge on any atom is -0.383 e. The highest BCUT2D eigenvalue weighted by Crippen LogP contribution is 1.98. The highest BCUT2D eigenvalue weighted by Gasteiger charge is 2.21. The van der Waals surface area contributed by atoms with Crippen molar-refractivity contribution in [1.82, 2.24) is 10.3 Å². The van der Waals surface area contributed by atoms with Gasteiger partial charge in [-0.1, -0.05) is 6.92 Å². The summed E-state index contributed by atoms with van der Waals surface area (Å²) < 4.78 is 4.94. The lowest BCUT2D eigenvalue weighted by Gasteiger charge is -2.25. The number of hydrogen-bond acceptors (Lipinski definition) is 4. The molecule has 0 rings (SSSR count). The molecule has 0 saturated heterocycles. The third-order valence-electron chi connectivity index (χ3n) is 1.88. The Balaban J connectivity index is 4.13. The zero-order valence-corrected chi connectivity index (χ0v) is 8.54. The SMILES string of the molecule is CCCN(C)C(COC)C(=O)NN. The number of rotatable bonds is 6. The number of nitrogens with one attached hydrogen (secondary N) is 1. The van der Waals surface area contributed by atoms with Crippen molar-refractivity contribution in [1.29, 1.82) is 0 Å². The summed E-state index contributed by atoms with van der Waals surface area (Å²) in [5.74, 6) is 4.85. The van der Waals surface area contributed by atoms with Crippen LogP contribution < -0.4 is 11.3 Å². The second-order valence-corrected chi connectivity index (χ2v) is 2.96. The molecule has 0 fully saturated rings. The monoisotopic (exact) mass is 189 g/mol. The van der Waals surface area contributed by atoms with Crippen LogP contribution in [0.1, 0.15) is 13.3 Å². The van der Waals surface area contributed by atoms with Gasteiger partial charge in [-0.15, -0.1) is 0 Å². The number of nitrogens with zero attached hydrogens (tertiary/aromatic N) is 1. The van der Waals surface area contributed by atoms with E-state index in [-0.39, 0.29) is 11.9 Å². The maximum atomic E-state index is 11.3. The van der Waals surface area contributed by atoms with Crippen LogP contribution in [0.2, 0.25) is 0 Å². The van der Waals surface area contributed by atoms with Crippen molar-refractivity contribution < 1.29 is 9.53 Å². The Morgan fingerprint density at radius 3 is 2.69 bits per heavy atom. The second-order valence-electron chi connectivity index (χ2n) is 2.96. The lowest BCUT2D eigenvalue weighted by Crippen LogP contribution is -2.50. The summed E-state index contributed by atoms with van der Waals surface area (Å²) in [5, 5.41) is 0. The Bertz CT molecular complexity index is 152. The number of methoxy groups -OCH3 is 1. The first kappa shape index (κ1) is 12.3. The molecule has 0 heterocycles. The standard InChI is InChI=1S/C8H19N3O2/c1-4-5-11(2)7(6-13-3)8(12)10-9/h7H,4-6,9H2,1-3H3,(H,10,12). The molecule has 0 aliphatic carbocycles. The number of carbonyl (C=O) groups excluding carboxylic acids is 1. The predicted molar refractivity (Wildman–Crippen MR) is 50.9 cm³/mol. The van der Waals surface area contributed by atoms with Gasteiger partial charge in [0.15, 0.2) is 0 Å². The zero-order chi connectivity index (χ0) is 10.3. The Morgan fingerprint density at radius 1 is 1.69 bits per heavy atom. The van der Waals surface area contributed by atoms with Gasteiger partial charge in [-0.25, -0.2) is 5.84 Å². The summed E-state index contributed by atoms with van der Waals surface area (Å²) in [7, 11) is 3.44. The molecule has 0 radical (unpaired) electrons. The van der Waals surface area contributed by atoms with Crippen LogP contribution in [0.25, 0.3) is 0 Å². The molecule has 0 aliphatic rings. The van der Waals surface area contributed by atoms with Crippen LogP contribution in [-0.2, 0) is 9.53 Å². The van der Waals surface area contributed by atoms with Crippen LogP contribution in [0.3, 0.4) is 0 Å². The normalized spacial score (nSPS) is 13.0. The van der Waals surface area contributed by atoms with E-state index in [4.69, 9.17) is 10.6 Å². The van der Waals surface area contributed by atoms with Crippen molar-refractivity contribution in [2.45, 2.75) is 19.4 Å². The van der Waals surface area contributed by atoms with Gasteiger partial charge in [0.2, 0.25) is 0 Å². The molecule has 1 amide bonds. The van der Waals surface area contributed by atoms with E-state index in [0.717, 1.165) is 13.0 Å². The lowest BCUT2D eigenvalue weighted by molar-refractivity contribution is -0.127. The van der Waals surface area contributed by atoms with Gasteiger partial charge >= 0.3 is 0 Å². The van der Waals surface area contributed by atoms with E-state index in [1.165, 1.54) is 0 Å². The minimum atomic E-state index is -0.296. The largest absolute Gasteiger partial charge is 0.383 e. The van der Waals surface area contributed by atoms with Crippen LogP contribution in [0.5, 0.6) is 0 Å². The number of hydrazine groups is 1. The van der Waals surface area contributed by atoms with Crippen molar-refractivity contribution >= 4 is 5.91 Å². The van der Waals surface area contributed by atoms with Gasteiger partial charge < -0.3 is 4.74 Å². The summed E-state index contributed by atoms with van der Waals surface area (Å²) in [5.41, 5.74) is 2.13. The molecule has 0 aromatic rings. The smallest absolute Gasteiger partial charge is 0.253 e. The number of nitrogens with two attached hydrogens (primary N) is 1. The molecule has 3 N–H and O–H groups in total. The Kier molecular flexibility index (Phi) is 6.48. The first-order valence-electron chi connectivity index (χ1n) is 4.37. The highest BCUT2D eigenvalue weighted by atomic mass is 16.5. The van der Waals surface area contributed by atoms with Gasteiger partial charge in [0.1, 0.15) is 6.04 Å². The van der Waals surface area contributed by atoms with E-state index < -0.39 is 0 Å². The molecular formula is C8H19N3O2. The summed E-state index contributed by atoms with van der Waals surface area (Å²) in [6.45, 7) is 3.27. The summed E-state index contributed by atoms with van der Waals surface area (Å²) in [4.78, 5) is 13.2. The molecule has 13 heavy (non-hydrogen) atoms. The Morgan fingerprint density at radius 2 is 2.31 bits per heavy atom. The molecule has 0 spiro atoms. The third kappa shape index (κ3) is 4.21. The lowest BCUT2D eigenvalue weighted by atomic mass is 10.2. The summed E-state index contributed by atoms with van der Waals surface area (Å²) in [6, 6.07) is -0.296. The van der Waals surface area contributed by atoms with E-state index in [1.807, 2.05) is 11.9 Å². The van der Waals surface area contributed by atoms with E-state index in [9.17, 15) is 4.79 Å². The topological polar surface area (TPSA) is 67.6 Å². The molecule has 5 heteroatoms. The van der Waals surface area contributed by atoms with Gasteiger partial charge in [0.05, 0.1) is 6.61 Å². The molecule has 1 unspecified atom stereocenters. The zero-order valence-electron chi connectivity index (χ0n) is 8.54.